The molecule has 0 saturated carbocycles. The summed E-state index contributed by atoms with van der Waals surface area (Å²) in [6.45, 7) is 4.70. The van der Waals surface area contributed by atoms with E-state index < -0.39 is 10.0 Å². The monoisotopic (exact) mass is 414 g/mol. The first kappa shape index (κ1) is 20.6. The molecule has 26 heavy (non-hydrogen) atoms. The summed E-state index contributed by atoms with van der Waals surface area (Å²) in [5, 5.41) is 3.13. The van der Waals surface area contributed by atoms with Gasteiger partial charge in [-0.25, -0.2) is 8.42 Å². The molecule has 0 bridgehead atoms. The molecule has 2 rings (SSSR count). The predicted octanol–water partition coefficient (Wildman–Crippen LogP) is 4.57. The van der Waals surface area contributed by atoms with Gasteiger partial charge in [0.15, 0.2) is 0 Å². The highest BCUT2D eigenvalue weighted by Crippen LogP contribution is 2.27. The molecule has 0 spiro atoms. The maximum atomic E-state index is 12.5. The van der Waals surface area contributed by atoms with E-state index in [2.05, 4.69) is 23.9 Å². The molecule has 0 radical (unpaired) electrons. The molecule has 0 aromatic heterocycles. The van der Waals surface area contributed by atoms with E-state index in [0.29, 0.717) is 18.0 Å². The standard InChI is InChI=1S/C18H20Cl2N2O3S/c1-12(2)8-9-21-18(23)13-4-3-5-15(10-13)22-26(24,25)17-11-14(19)6-7-16(17)20/h3-7,10-12,22H,8-9H2,1-2H3,(H,21,23). The van der Waals surface area contributed by atoms with Crippen LogP contribution in [0.15, 0.2) is 47.4 Å². The Labute approximate surface area is 163 Å². The molecule has 0 fully saturated rings. The summed E-state index contributed by atoms with van der Waals surface area (Å²) in [6.07, 6.45) is 0.866. The first-order valence-electron chi connectivity index (χ1n) is 8.05. The number of sulfonamides is 1. The Hall–Kier alpha value is -1.76. The van der Waals surface area contributed by atoms with Crippen molar-refractivity contribution in [2.45, 2.75) is 25.2 Å². The van der Waals surface area contributed by atoms with Gasteiger partial charge in [0, 0.05) is 22.8 Å². The van der Waals surface area contributed by atoms with Gasteiger partial charge in [-0.2, -0.15) is 0 Å². The molecule has 0 aliphatic heterocycles. The number of hydrogen-bond acceptors (Lipinski definition) is 3. The number of amides is 1. The van der Waals surface area contributed by atoms with E-state index in [1.165, 1.54) is 24.3 Å². The highest BCUT2D eigenvalue weighted by molar-refractivity contribution is 7.92. The summed E-state index contributed by atoms with van der Waals surface area (Å²) < 4.78 is 27.5. The number of anilines is 1. The molecule has 2 aromatic rings. The van der Waals surface area contributed by atoms with Gasteiger partial charge in [-0.1, -0.05) is 43.1 Å². The Morgan fingerprint density at radius 1 is 1.12 bits per heavy atom. The van der Waals surface area contributed by atoms with Gasteiger partial charge >= 0.3 is 0 Å². The van der Waals surface area contributed by atoms with Crippen molar-refractivity contribution in [3.63, 3.8) is 0 Å². The maximum absolute atomic E-state index is 12.5. The Bertz CT molecular complexity index is 899. The molecule has 0 aliphatic rings. The lowest BCUT2D eigenvalue weighted by atomic mass is 10.1. The van der Waals surface area contributed by atoms with Crippen LogP contribution in [0.3, 0.4) is 0 Å². The summed E-state index contributed by atoms with van der Waals surface area (Å²) in [4.78, 5) is 12.1. The molecular weight excluding hydrogens is 395 g/mol. The van der Waals surface area contributed by atoms with Crippen LogP contribution in [0.2, 0.25) is 10.0 Å². The van der Waals surface area contributed by atoms with E-state index in [9.17, 15) is 13.2 Å². The quantitative estimate of drug-likeness (QED) is 0.696. The van der Waals surface area contributed by atoms with Gasteiger partial charge in [-0.05, 0) is 48.7 Å². The third kappa shape index (κ3) is 5.62. The van der Waals surface area contributed by atoms with Crippen molar-refractivity contribution in [3.05, 3.63) is 58.1 Å². The second-order valence-electron chi connectivity index (χ2n) is 6.20. The lowest BCUT2D eigenvalue weighted by Gasteiger charge is -2.11. The highest BCUT2D eigenvalue weighted by atomic mass is 35.5. The maximum Gasteiger partial charge on any atom is 0.263 e. The van der Waals surface area contributed by atoms with Crippen LogP contribution in [0.5, 0.6) is 0 Å². The number of carbonyl (C=O) groups is 1. The van der Waals surface area contributed by atoms with Gasteiger partial charge in [0.1, 0.15) is 4.90 Å². The van der Waals surface area contributed by atoms with E-state index in [0.717, 1.165) is 6.42 Å². The van der Waals surface area contributed by atoms with E-state index in [4.69, 9.17) is 23.2 Å². The van der Waals surface area contributed by atoms with Crippen LogP contribution in [0.25, 0.3) is 0 Å². The Balaban J connectivity index is 2.17. The largest absolute Gasteiger partial charge is 0.352 e. The second kappa shape index (κ2) is 8.75. The van der Waals surface area contributed by atoms with Crippen LogP contribution in [0.1, 0.15) is 30.6 Å². The molecule has 0 heterocycles. The molecule has 0 unspecified atom stereocenters. The summed E-state index contributed by atoms with van der Waals surface area (Å²) in [5.74, 6) is 0.225. The van der Waals surface area contributed by atoms with Gasteiger partial charge in [-0.3, -0.25) is 9.52 Å². The molecule has 2 aromatic carbocycles. The molecule has 1 amide bonds. The summed E-state index contributed by atoms with van der Waals surface area (Å²) in [6, 6.07) is 10.4. The lowest BCUT2D eigenvalue weighted by Crippen LogP contribution is -2.25. The zero-order chi connectivity index (χ0) is 19.3. The molecule has 0 saturated heterocycles. The fraction of sp³-hybridized carbons (Fsp3) is 0.278. The zero-order valence-corrected chi connectivity index (χ0v) is 16.8. The summed E-state index contributed by atoms with van der Waals surface area (Å²) >= 11 is 11.8. The van der Waals surface area contributed by atoms with Gasteiger partial charge in [0.25, 0.3) is 15.9 Å². The Kier molecular flexibility index (Phi) is 6.92. The molecule has 0 atom stereocenters. The Morgan fingerprint density at radius 3 is 2.54 bits per heavy atom. The van der Waals surface area contributed by atoms with Crippen molar-refractivity contribution in [2.24, 2.45) is 5.92 Å². The average molecular weight is 415 g/mol. The highest BCUT2D eigenvalue weighted by Gasteiger charge is 2.19. The van der Waals surface area contributed by atoms with Crippen molar-refractivity contribution in [1.29, 1.82) is 0 Å². The molecular formula is C18H20Cl2N2O3S. The van der Waals surface area contributed by atoms with E-state index >= 15 is 0 Å². The molecule has 8 heteroatoms. The first-order chi connectivity index (χ1) is 12.2. The first-order valence-corrected chi connectivity index (χ1v) is 10.3. The minimum atomic E-state index is -3.94. The normalized spacial score (nSPS) is 11.4. The molecule has 0 aliphatic carbocycles. The van der Waals surface area contributed by atoms with Gasteiger partial charge < -0.3 is 5.32 Å². The number of rotatable bonds is 7. The SMILES string of the molecule is CC(C)CCNC(=O)c1cccc(NS(=O)(=O)c2cc(Cl)ccc2Cl)c1. The van der Waals surface area contributed by atoms with E-state index in [-0.39, 0.29) is 26.5 Å². The third-order valence-corrected chi connectivity index (χ3v) is 5.66. The average Bonchev–Trinajstić information content (AvgIpc) is 2.56. The predicted molar refractivity (Wildman–Crippen MR) is 106 cm³/mol. The van der Waals surface area contributed by atoms with Crippen molar-refractivity contribution >= 4 is 44.8 Å². The minimum Gasteiger partial charge on any atom is -0.352 e. The zero-order valence-electron chi connectivity index (χ0n) is 14.4. The van der Waals surface area contributed by atoms with Gasteiger partial charge in [0.05, 0.1) is 5.02 Å². The van der Waals surface area contributed by atoms with Crippen LogP contribution in [-0.2, 0) is 10.0 Å². The van der Waals surface area contributed by atoms with Crippen molar-refractivity contribution < 1.29 is 13.2 Å². The number of carbonyl (C=O) groups excluding carboxylic acids is 1. The minimum absolute atomic E-state index is 0.0597. The second-order valence-corrected chi connectivity index (χ2v) is 8.69. The van der Waals surface area contributed by atoms with Crippen molar-refractivity contribution in [1.82, 2.24) is 5.32 Å². The lowest BCUT2D eigenvalue weighted by molar-refractivity contribution is 0.0952. The van der Waals surface area contributed by atoms with Crippen LogP contribution in [-0.4, -0.2) is 20.9 Å². The molecule has 140 valence electrons. The van der Waals surface area contributed by atoms with Crippen molar-refractivity contribution in [2.75, 3.05) is 11.3 Å². The Morgan fingerprint density at radius 2 is 1.85 bits per heavy atom. The van der Waals surface area contributed by atoms with Crippen molar-refractivity contribution in [3.8, 4) is 0 Å². The fourth-order valence-corrected chi connectivity index (χ4v) is 4.01. The number of hydrogen-bond donors (Lipinski definition) is 2. The van der Waals surface area contributed by atoms with Crippen LogP contribution in [0, 0.1) is 5.92 Å². The third-order valence-electron chi connectivity index (χ3n) is 3.57. The summed E-state index contributed by atoms with van der Waals surface area (Å²) in [7, 11) is -3.94. The number of halogens is 2. The topological polar surface area (TPSA) is 75.3 Å². The molecule has 2 N–H and O–H groups in total. The smallest absolute Gasteiger partial charge is 0.263 e. The van der Waals surface area contributed by atoms with Crippen LogP contribution >= 0.6 is 23.2 Å². The number of benzene rings is 2. The van der Waals surface area contributed by atoms with Crippen LogP contribution in [0.4, 0.5) is 5.69 Å². The van der Waals surface area contributed by atoms with E-state index in [1.807, 2.05) is 0 Å². The fourth-order valence-electron chi connectivity index (χ4n) is 2.19. The van der Waals surface area contributed by atoms with Gasteiger partial charge in [-0.15, -0.1) is 0 Å². The number of nitrogens with one attached hydrogen (secondary N) is 2. The van der Waals surface area contributed by atoms with Gasteiger partial charge in [0.2, 0.25) is 0 Å². The molecule has 5 nitrogen and oxygen atoms in total. The van der Waals surface area contributed by atoms with Crippen LogP contribution < -0.4 is 10.0 Å². The van der Waals surface area contributed by atoms with E-state index in [1.54, 1.807) is 18.2 Å². The summed E-state index contributed by atoms with van der Waals surface area (Å²) in [5.41, 5.74) is 0.628.